The highest BCUT2D eigenvalue weighted by Gasteiger charge is 2.21. The maximum Gasteiger partial charge on any atom is 0.231 e. The van der Waals surface area contributed by atoms with Gasteiger partial charge in [0.25, 0.3) is 0 Å². The summed E-state index contributed by atoms with van der Waals surface area (Å²) in [6.45, 7) is 4.24. The lowest BCUT2D eigenvalue weighted by atomic mass is 9.96. The molecule has 2 aromatic carbocycles. The Morgan fingerprint density at radius 1 is 1.10 bits per heavy atom. The van der Waals surface area contributed by atoms with Gasteiger partial charge in [-0.15, -0.1) is 0 Å². The van der Waals surface area contributed by atoms with E-state index in [2.05, 4.69) is 0 Å². The van der Waals surface area contributed by atoms with Crippen molar-refractivity contribution in [3.05, 3.63) is 52.6 Å². The van der Waals surface area contributed by atoms with Gasteiger partial charge in [0.2, 0.25) is 6.79 Å². The molecular formula is C17H18O4. The van der Waals surface area contributed by atoms with Crippen LogP contribution in [0.5, 0.6) is 17.2 Å². The SMILES string of the molecule is COc1c(C(O)c2ccc3c(c2)OCO3)ccc(C)c1C. The van der Waals surface area contributed by atoms with Crippen LogP contribution in [0.4, 0.5) is 0 Å². The van der Waals surface area contributed by atoms with E-state index in [1.54, 1.807) is 7.11 Å². The Labute approximate surface area is 123 Å². The van der Waals surface area contributed by atoms with E-state index in [9.17, 15) is 5.11 Å². The highest BCUT2D eigenvalue weighted by Crippen LogP contribution is 2.38. The molecular weight excluding hydrogens is 268 g/mol. The van der Waals surface area contributed by atoms with Crippen LogP contribution in [-0.2, 0) is 0 Å². The summed E-state index contributed by atoms with van der Waals surface area (Å²) in [6, 6.07) is 9.35. The van der Waals surface area contributed by atoms with Gasteiger partial charge in [-0.1, -0.05) is 18.2 Å². The van der Waals surface area contributed by atoms with Crippen molar-refractivity contribution >= 4 is 0 Å². The maximum atomic E-state index is 10.7. The van der Waals surface area contributed by atoms with E-state index in [-0.39, 0.29) is 6.79 Å². The van der Waals surface area contributed by atoms with E-state index in [1.807, 2.05) is 44.2 Å². The minimum absolute atomic E-state index is 0.224. The summed E-state index contributed by atoms with van der Waals surface area (Å²) in [5.41, 5.74) is 3.67. The fourth-order valence-electron chi connectivity index (χ4n) is 2.56. The van der Waals surface area contributed by atoms with E-state index in [0.717, 1.165) is 28.0 Å². The van der Waals surface area contributed by atoms with Crippen LogP contribution in [0.3, 0.4) is 0 Å². The molecule has 0 spiro atoms. The maximum absolute atomic E-state index is 10.7. The topological polar surface area (TPSA) is 47.9 Å². The predicted octanol–water partition coefficient (Wildman–Crippen LogP) is 3.12. The molecule has 110 valence electrons. The lowest BCUT2D eigenvalue weighted by Gasteiger charge is -2.18. The van der Waals surface area contributed by atoms with E-state index >= 15 is 0 Å². The van der Waals surface area contributed by atoms with Gasteiger partial charge in [-0.2, -0.15) is 0 Å². The Bertz CT molecular complexity index is 679. The Hall–Kier alpha value is -2.20. The third-order valence-corrected chi connectivity index (χ3v) is 3.92. The summed E-state index contributed by atoms with van der Waals surface area (Å²) >= 11 is 0. The Kier molecular flexibility index (Phi) is 3.47. The molecule has 4 nitrogen and oxygen atoms in total. The zero-order valence-corrected chi connectivity index (χ0v) is 12.3. The summed E-state index contributed by atoms with van der Waals surface area (Å²) < 4.78 is 16.1. The van der Waals surface area contributed by atoms with E-state index in [0.29, 0.717) is 11.5 Å². The average Bonchev–Trinajstić information content (AvgIpc) is 2.96. The first-order chi connectivity index (χ1) is 10.1. The van der Waals surface area contributed by atoms with Gasteiger partial charge in [0.1, 0.15) is 11.9 Å². The number of hydrogen-bond donors (Lipinski definition) is 1. The fourth-order valence-corrected chi connectivity index (χ4v) is 2.56. The summed E-state index contributed by atoms with van der Waals surface area (Å²) in [5, 5.41) is 10.7. The van der Waals surface area contributed by atoms with Crippen LogP contribution in [0.25, 0.3) is 0 Å². The van der Waals surface area contributed by atoms with Crippen LogP contribution in [0.2, 0.25) is 0 Å². The van der Waals surface area contributed by atoms with Crippen molar-refractivity contribution in [3.63, 3.8) is 0 Å². The molecule has 0 aromatic heterocycles. The number of aryl methyl sites for hydroxylation is 1. The van der Waals surface area contributed by atoms with Crippen LogP contribution >= 0.6 is 0 Å². The number of aliphatic hydroxyl groups excluding tert-OH is 1. The van der Waals surface area contributed by atoms with Gasteiger partial charge in [0.15, 0.2) is 11.5 Å². The number of rotatable bonds is 3. The molecule has 1 aliphatic heterocycles. The molecule has 0 saturated heterocycles. The molecule has 21 heavy (non-hydrogen) atoms. The molecule has 0 amide bonds. The molecule has 0 aliphatic carbocycles. The smallest absolute Gasteiger partial charge is 0.231 e. The number of fused-ring (bicyclic) bond motifs is 1. The van der Waals surface area contributed by atoms with Crippen LogP contribution in [0.15, 0.2) is 30.3 Å². The van der Waals surface area contributed by atoms with Crippen LogP contribution < -0.4 is 14.2 Å². The summed E-state index contributed by atoms with van der Waals surface area (Å²) in [6.07, 6.45) is -0.770. The summed E-state index contributed by atoms with van der Waals surface area (Å²) in [7, 11) is 1.62. The van der Waals surface area contributed by atoms with Gasteiger partial charge in [-0.05, 0) is 42.7 Å². The van der Waals surface area contributed by atoms with E-state index < -0.39 is 6.10 Å². The standard InChI is InChI=1S/C17H18O4/c1-10-4-6-13(17(19-3)11(10)2)16(18)12-5-7-14-15(8-12)21-9-20-14/h4-8,16,18H,9H2,1-3H3. The molecule has 0 fully saturated rings. The molecule has 1 N–H and O–H groups in total. The average molecular weight is 286 g/mol. The molecule has 0 saturated carbocycles. The Morgan fingerprint density at radius 3 is 2.62 bits per heavy atom. The summed E-state index contributed by atoms with van der Waals surface area (Å²) in [5.74, 6) is 2.09. The quantitative estimate of drug-likeness (QED) is 0.941. The first-order valence-electron chi connectivity index (χ1n) is 6.83. The Morgan fingerprint density at radius 2 is 1.86 bits per heavy atom. The number of aliphatic hydroxyl groups is 1. The third-order valence-electron chi connectivity index (χ3n) is 3.92. The van der Waals surface area contributed by atoms with E-state index in [1.165, 1.54) is 0 Å². The van der Waals surface area contributed by atoms with Gasteiger partial charge in [-0.25, -0.2) is 0 Å². The molecule has 3 rings (SSSR count). The third kappa shape index (κ3) is 2.32. The van der Waals surface area contributed by atoms with Crippen molar-refractivity contribution in [2.45, 2.75) is 20.0 Å². The zero-order chi connectivity index (χ0) is 15.0. The summed E-state index contributed by atoms with van der Waals surface area (Å²) in [4.78, 5) is 0. The highest BCUT2D eigenvalue weighted by molar-refractivity contribution is 5.51. The van der Waals surface area contributed by atoms with Gasteiger partial charge in [0.05, 0.1) is 7.11 Å². The lowest BCUT2D eigenvalue weighted by molar-refractivity contribution is 0.173. The molecule has 0 radical (unpaired) electrons. The lowest BCUT2D eigenvalue weighted by Crippen LogP contribution is -2.04. The van der Waals surface area contributed by atoms with Gasteiger partial charge in [0, 0.05) is 5.56 Å². The molecule has 2 aromatic rings. The molecule has 0 bridgehead atoms. The van der Waals surface area contributed by atoms with Crippen molar-refractivity contribution in [2.75, 3.05) is 13.9 Å². The molecule has 1 aliphatic rings. The van der Waals surface area contributed by atoms with Crippen LogP contribution in [-0.4, -0.2) is 19.0 Å². The minimum atomic E-state index is -0.770. The molecule has 1 heterocycles. The fraction of sp³-hybridized carbons (Fsp3) is 0.294. The van der Waals surface area contributed by atoms with Crippen molar-refractivity contribution in [3.8, 4) is 17.2 Å². The second kappa shape index (κ2) is 5.30. The second-order valence-corrected chi connectivity index (χ2v) is 5.15. The monoisotopic (exact) mass is 286 g/mol. The highest BCUT2D eigenvalue weighted by atomic mass is 16.7. The van der Waals surface area contributed by atoms with Gasteiger partial charge < -0.3 is 19.3 Å². The normalized spacial score (nSPS) is 14.1. The number of ether oxygens (including phenoxy) is 3. The zero-order valence-electron chi connectivity index (χ0n) is 12.3. The van der Waals surface area contributed by atoms with Crippen molar-refractivity contribution in [1.82, 2.24) is 0 Å². The van der Waals surface area contributed by atoms with Crippen molar-refractivity contribution in [2.24, 2.45) is 0 Å². The number of methoxy groups -OCH3 is 1. The second-order valence-electron chi connectivity index (χ2n) is 5.15. The molecule has 1 atom stereocenters. The predicted molar refractivity (Wildman–Crippen MR) is 79.1 cm³/mol. The molecule has 1 unspecified atom stereocenters. The van der Waals surface area contributed by atoms with Gasteiger partial charge >= 0.3 is 0 Å². The first-order valence-corrected chi connectivity index (χ1v) is 6.83. The first kappa shape index (κ1) is 13.8. The number of hydrogen-bond acceptors (Lipinski definition) is 4. The Balaban J connectivity index is 2.02. The number of benzene rings is 2. The molecule has 4 heteroatoms. The van der Waals surface area contributed by atoms with E-state index in [4.69, 9.17) is 14.2 Å². The van der Waals surface area contributed by atoms with Crippen LogP contribution in [0, 0.1) is 13.8 Å². The largest absolute Gasteiger partial charge is 0.496 e. The van der Waals surface area contributed by atoms with Gasteiger partial charge in [-0.3, -0.25) is 0 Å². The van der Waals surface area contributed by atoms with Crippen molar-refractivity contribution < 1.29 is 19.3 Å². The van der Waals surface area contributed by atoms with Crippen molar-refractivity contribution in [1.29, 1.82) is 0 Å². The van der Waals surface area contributed by atoms with Crippen LogP contribution in [0.1, 0.15) is 28.4 Å². The minimum Gasteiger partial charge on any atom is -0.496 e.